The van der Waals surface area contributed by atoms with E-state index in [2.05, 4.69) is 0 Å². The van der Waals surface area contributed by atoms with E-state index < -0.39 is 45.8 Å². The van der Waals surface area contributed by atoms with Gasteiger partial charge in [-0.15, -0.1) is 0 Å². The Balaban J connectivity index is 1.87. The van der Waals surface area contributed by atoms with E-state index in [1.807, 2.05) is 0 Å². The van der Waals surface area contributed by atoms with Crippen molar-refractivity contribution in [3.63, 3.8) is 0 Å². The minimum Gasteiger partial charge on any atom is -0.497 e. The first-order valence-electron chi connectivity index (χ1n) is 9.19. The molecule has 1 aliphatic heterocycles. The molecular formula is C20H22O6. The van der Waals surface area contributed by atoms with Gasteiger partial charge < -0.3 is 9.47 Å². The molecule has 0 aromatic heterocycles. The van der Waals surface area contributed by atoms with Crippen LogP contribution < -0.4 is 0 Å². The summed E-state index contributed by atoms with van der Waals surface area (Å²) in [6.45, 7) is 4.17. The van der Waals surface area contributed by atoms with Crippen molar-refractivity contribution in [3.05, 3.63) is 23.7 Å². The fourth-order valence-electron chi connectivity index (χ4n) is 5.15. The predicted octanol–water partition coefficient (Wildman–Crippen LogP) is 1.92. The third-order valence-corrected chi connectivity index (χ3v) is 6.78. The lowest BCUT2D eigenvalue weighted by Crippen LogP contribution is -2.74. The lowest BCUT2D eigenvalue weighted by molar-refractivity contribution is -0.202. The quantitative estimate of drug-likeness (QED) is 0.615. The third-order valence-electron chi connectivity index (χ3n) is 6.78. The van der Waals surface area contributed by atoms with Crippen LogP contribution >= 0.6 is 0 Å². The van der Waals surface area contributed by atoms with Crippen molar-refractivity contribution in [3.8, 4) is 0 Å². The van der Waals surface area contributed by atoms with Gasteiger partial charge >= 0.3 is 0 Å². The zero-order chi connectivity index (χ0) is 18.7. The second kappa shape index (κ2) is 5.63. The lowest BCUT2D eigenvalue weighted by atomic mass is 9.33. The van der Waals surface area contributed by atoms with Crippen LogP contribution in [-0.2, 0) is 28.7 Å². The molecule has 1 saturated heterocycles. The number of carbonyl (C=O) groups excluding carboxylic acids is 4. The van der Waals surface area contributed by atoms with Gasteiger partial charge in [-0.1, -0.05) is 13.8 Å². The SMILES string of the molecule is C[C@]12C(=O)C(=O)C=C3OCCCCCCOC4=CC(=O)C(=O)[C@]1(C)[C@H]4[C@@H]32. The fraction of sp³-hybridized carbons (Fsp3) is 0.600. The standard InChI is InChI=1S/C20H22O6/c1-19-15-13(9-11(21)17(19)23)25-7-5-3-4-6-8-26-14-10-12(22)18(24)20(19,2)16(14)15/h9-10,15-16H,3-8H2,1-2H3/t15-,16-,19+,20+/m1/s1. The Morgan fingerprint density at radius 2 is 1.12 bits per heavy atom. The first-order valence-corrected chi connectivity index (χ1v) is 9.19. The van der Waals surface area contributed by atoms with Gasteiger partial charge in [0, 0.05) is 24.0 Å². The van der Waals surface area contributed by atoms with Crippen LogP contribution in [0.3, 0.4) is 0 Å². The Morgan fingerprint density at radius 3 is 1.50 bits per heavy atom. The van der Waals surface area contributed by atoms with Crippen LogP contribution in [0.5, 0.6) is 0 Å². The minimum absolute atomic E-state index is 0.441. The van der Waals surface area contributed by atoms with Crippen molar-refractivity contribution in [2.75, 3.05) is 13.2 Å². The van der Waals surface area contributed by atoms with Gasteiger partial charge in [0.1, 0.15) is 11.5 Å². The van der Waals surface area contributed by atoms with E-state index >= 15 is 0 Å². The van der Waals surface area contributed by atoms with Gasteiger partial charge in [0.2, 0.25) is 23.1 Å². The average molecular weight is 358 g/mol. The molecule has 2 fully saturated rings. The monoisotopic (exact) mass is 358 g/mol. The molecule has 0 amide bonds. The first-order chi connectivity index (χ1) is 12.3. The first kappa shape index (κ1) is 17.2. The van der Waals surface area contributed by atoms with Gasteiger partial charge in [-0.3, -0.25) is 19.2 Å². The van der Waals surface area contributed by atoms with Crippen LogP contribution in [0.4, 0.5) is 0 Å². The molecule has 3 aliphatic carbocycles. The van der Waals surface area contributed by atoms with E-state index in [9.17, 15) is 19.2 Å². The number of ketones is 4. The Kier molecular flexibility index (Phi) is 3.72. The highest BCUT2D eigenvalue weighted by Gasteiger charge is 2.79. The molecule has 1 heterocycles. The van der Waals surface area contributed by atoms with Gasteiger partial charge in [-0.05, 0) is 25.7 Å². The summed E-state index contributed by atoms with van der Waals surface area (Å²) in [6.07, 6.45) is 6.18. The van der Waals surface area contributed by atoms with Crippen molar-refractivity contribution < 1.29 is 28.7 Å². The summed E-state index contributed by atoms with van der Waals surface area (Å²) in [5.74, 6) is -2.61. The molecule has 26 heavy (non-hydrogen) atoms. The van der Waals surface area contributed by atoms with Gasteiger partial charge in [0.25, 0.3) is 0 Å². The van der Waals surface area contributed by atoms with Crippen LogP contribution in [0.1, 0.15) is 39.5 Å². The van der Waals surface area contributed by atoms with Crippen LogP contribution in [-0.4, -0.2) is 36.3 Å². The van der Waals surface area contributed by atoms with Crippen molar-refractivity contribution >= 4 is 23.1 Å². The van der Waals surface area contributed by atoms with E-state index in [0.717, 1.165) is 25.7 Å². The van der Waals surface area contributed by atoms with E-state index in [1.54, 1.807) is 13.8 Å². The van der Waals surface area contributed by atoms with E-state index in [4.69, 9.17) is 9.47 Å². The zero-order valence-corrected chi connectivity index (χ0v) is 15.0. The summed E-state index contributed by atoms with van der Waals surface area (Å²) in [5, 5.41) is 0. The molecule has 4 rings (SSSR count). The second-order valence-electron chi connectivity index (χ2n) is 7.95. The predicted molar refractivity (Wildman–Crippen MR) is 89.8 cm³/mol. The van der Waals surface area contributed by atoms with Gasteiger partial charge in [0.05, 0.1) is 24.0 Å². The number of carbonyl (C=O) groups is 4. The van der Waals surface area contributed by atoms with E-state index in [1.165, 1.54) is 12.2 Å². The number of allylic oxidation sites excluding steroid dienone is 4. The molecule has 0 spiro atoms. The van der Waals surface area contributed by atoms with Crippen molar-refractivity contribution in [1.29, 1.82) is 0 Å². The summed E-state index contributed by atoms with van der Waals surface area (Å²) in [7, 11) is 0. The summed E-state index contributed by atoms with van der Waals surface area (Å²) in [4.78, 5) is 50.2. The molecule has 0 aromatic rings. The van der Waals surface area contributed by atoms with Crippen molar-refractivity contribution in [2.45, 2.75) is 39.5 Å². The number of ether oxygens (including phenoxy) is 2. The molecule has 4 atom stereocenters. The van der Waals surface area contributed by atoms with Crippen LogP contribution in [0, 0.1) is 22.7 Å². The molecular weight excluding hydrogens is 336 g/mol. The smallest absolute Gasteiger partial charge is 0.225 e. The number of fused-ring (bicyclic) bond motifs is 1. The Bertz CT molecular complexity index is 724. The maximum atomic E-state index is 12.8. The number of hydrogen-bond donors (Lipinski definition) is 0. The molecule has 138 valence electrons. The summed E-state index contributed by atoms with van der Waals surface area (Å²) >= 11 is 0. The van der Waals surface area contributed by atoms with Gasteiger partial charge in [-0.2, -0.15) is 0 Å². The zero-order valence-electron chi connectivity index (χ0n) is 15.0. The fourth-order valence-corrected chi connectivity index (χ4v) is 5.15. The molecule has 6 nitrogen and oxygen atoms in total. The maximum Gasteiger partial charge on any atom is 0.225 e. The molecule has 4 aliphatic rings. The number of rotatable bonds is 0. The summed E-state index contributed by atoms with van der Waals surface area (Å²) in [5.41, 5.74) is -2.56. The molecule has 0 radical (unpaired) electrons. The normalized spacial score (nSPS) is 39.9. The van der Waals surface area contributed by atoms with Crippen LogP contribution in [0.15, 0.2) is 23.7 Å². The summed E-state index contributed by atoms with van der Waals surface area (Å²) in [6, 6.07) is 0. The second-order valence-corrected chi connectivity index (χ2v) is 7.95. The maximum absolute atomic E-state index is 12.8. The molecule has 6 heteroatoms. The highest BCUT2D eigenvalue weighted by molar-refractivity contribution is 6.49. The van der Waals surface area contributed by atoms with Gasteiger partial charge in [-0.25, -0.2) is 0 Å². The minimum atomic E-state index is -1.28. The number of Topliss-reactive ketones (excluding diaryl/α,β-unsaturated/α-hetero) is 2. The molecule has 1 saturated carbocycles. The topological polar surface area (TPSA) is 86.7 Å². The van der Waals surface area contributed by atoms with Crippen LogP contribution in [0.2, 0.25) is 0 Å². The molecule has 0 aromatic carbocycles. The highest BCUT2D eigenvalue weighted by atomic mass is 16.5. The lowest BCUT2D eigenvalue weighted by Gasteiger charge is -2.66. The molecule has 0 bridgehead atoms. The Morgan fingerprint density at radius 1 is 0.731 bits per heavy atom. The average Bonchev–Trinajstić information content (AvgIpc) is 2.60. The highest BCUT2D eigenvalue weighted by Crippen LogP contribution is 2.71. The summed E-state index contributed by atoms with van der Waals surface area (Å²) < 4.78 is 11.8. The van der Waals surface area contributed by atoms with Crippen LogP contribution in [0.25, 0.3) is 0 Å². The van der Waals surface area contributed by atoms with E-state index in [0.29, 0.717) is 24.7 Å². The molecule has 0 N–H and O–H groups in total. The Hall–Kier alpha value is -2.24. The van der Waals surface area contributed by atoms with E-state index in [-0.39, 0.29) is 0 Å². The largest absolute Gasteiger partial charge is 0.497 e. The van der Waals surface area contributed by atoms with Crippen molar-refractivity contribution in [1.82, 2.24) is 0 Å². The third kappa shape index (κ3) is 1.93. The molecule has 0 unspecified atom stereocenters. The van der Waals surface area contributed by atoms with Gasteiger partial charge in [0.15, 0.2) is 0 Å². The Labute approximate surface area is 151 Å². The van der Waals surface area contributed by atoms with Crippen molar-refractivity contribution in [2.24, 2.45) is 22.7 Å². The number of hydrogen-bond acceptors (Lipinski definition) is 6.